The number of phenols is 1. The van der Waals surface area contributed by atoms with Gasteiger partial charge in [0.2, 0.25) is 11.8 Å². The highest BCUT2D eigenvalue weighted by atomic mass is 19.1. The van der Waals surface area contributed by atoms with E-state index in [9.17, 15) is 19.1 Å². The molecule has 1 atom stereocenters. The third-order valence-corrected chi connectivity index (χ3v) is 4.40. The second kappa shape index (κ2) is 6.93. The largest absolute Gasteiger partial charge is 0.506 e. The van der Waals surface area contributed by atoms with Gasteiger partial charge < -0.3 is 15.3 Å². The summed E-state index contributed by atoms with van der Waals surface area (Å²) >= 11 is 0. The molecule has 0 aliphatic carbocycles. The predicted molar refractivity (Wildman–Crippen MR) is 93.1 cm³/mol. The summed E-state index contributed by atoms with van der Waals surface area (Å²) in [5.41, 5.74) is 2.00. The zero-order valence-corrected chi connectivity index (χ0v) is 13.8. The molecular weight excluding hydrogens is 323 g/mol. The molecular formula is C19H19FN2O3. The van der Waals surface area contributed by atoms with Gasteiger partial charge in [0.1, 0.15) is 11.6 Å². The average Bonchev–Trinajstić information content (AvgIpc) is 2.95. The van der Waals surface area contributed by atoms with Gasteiger partial charge in [-0.15, -0.1) is 0 Å². The van der Waals surface area contributed by atoms with E-state index < -0.39 is 5.82 Å². The van der Waals surface area contributed by atoms with Gasteiger partial charge in [0.25, 0.3) is 0 Å². The molecule has 3 rings (SSSR count). The van der Waals surface area contributed by atoms with Crippen LogP contribution in [0.25, 0.3) is 0 Å². The van der Waals surface area contributed by atoms with Crippen LogP contribution in [0.5, 0.6) is 5.75 Å². The second-order valence-electron chi connectivity index (χ2n) is 6.13. The Morgan fingerprint density at radius 3 is 2.80 bits per heavy atom. The SMILES string of the molecule is CC(=O)N1C[C@@H](CCC(=O)Nc2cc(F)ccc2O)c2ccccc21. The zero-order valence-electron chi connectivity index (χ0n) is 13.8. The normalized spacial score (nSPS) is 15.8. The number of hydrogen-bond acceptors (Lipinski definition) is 3. The van der Waals surface area contributed by atoms with Crippen LogP contribution in [0, 0.1) is 5.82 Å². The minimum Gasteiger partial charge on any atom is -0.506 e. The Morgan fingerprint density at radius 2 is 2.04 bits per heavy atom. The van der Waals surface area contributed by atoms with Crippen molar-refractivity contribution in [2.75, 3.05) is 16.8 Å². The standard InChI is InChI=1S/C19H19FN2O3/c1-12(23)22-11-13(15-4-2-3-5-17(15)22)6-9-19(25)21-16-10-14(20)7-8-18(16)24/h2-5,7-8,10,13,24H,6,9,11H2,1H3,(H,21,25)/t13-/m1/s1. The molecule has 1 aliphatic rings. The molecule has 130 valence electrons. The topological polar surface area (TPSA) is 69.6 Å². The first-order valence-corrected chi connectivity index (χ1v) is 8.11. The summed E-state index contributed by atoms with van der Waals surface area (Å²) in [6.07, 6.45) is 0.767. The Kier molecular flexibility index (Phi) is 4.70. The number of aromatic hydroxyl groups is 1. The van der Waals surface area contributed by atoms with Crippen molar-refractivity contribution in [3.05, 3.63) is 53.8 Å². The van der Waals surface area contributed by atoms with Crippen molar-refractivity contribution in [3.8, 4) is 5.75 Å². The van der Waals surface area contributed by atoms with E-state index in [2.05, 4.69) is 5.32 Å². The van der Waals surface area contributed by atoms with Gasteiger partial charge in [0, 0.05) is 37.6 Å². The van der Waals surface area contributed by atoms with Crippen LogP contribution in [0.4, 0.5) is 15.8 Å². The van der Waals surface area contributed by atoms with Crippen LogP contribution in [-0.4, -0.2) is 23.5 Å². The highest BCUT2D eigenvalue weighted by Crippen LogP contribution is 2.38. The molecule has 1 aliphatic heterocycles. The smallest absolute Gasteiger partial charge is 0.224 e. The van der Waals surface area contributed by atoms with Crippen molar-refractivity contribution >= 4 is 23.2 Å². The number of rotatable bonds is 4. The molecule has 0 aromatic heterocycles. The van der Waals surface area contributed by atoms with Gasteiger partial charge >= 0.3 is 0 Å². The van der Waals surface area contributed by atoms with Crippen molar-refractivity contribution in [2.24, 2.45) is 0 Å². The lowest BCUT2D eigenvalue weighted by atomic mass is 9.96. The van der Waals surface area contributed by atoms with Gasteiger partial charge in [-0.05, 0) is 30.2 Å². The third-order valence-electron chi connectivity index (χ3n) is 4.40. The number of fused-ring (bicyclic) bond motifs is 1. The molecule has 2 aromatic carbocycles. The van der Waals surface area contributed by atoms with E-state index in [-0.39, 0.29) is 35.6 Å². The fraction of sp³-hybridized carbons (Fsp3) is 0.263. The quantitative estimate of drug-likeness (QED) is 0.837. The number of benzene rings is 2. The van der Waals surface area contributed by atoms with E-state index in [0.29, 0.717) is 13.0 Å². The lowest BCUT2D eigenvalue weighted by Gasteiger charge is -2.15. The molecule has 5 nitrogen and oxygen atoms in total. The van der Waals surface area contributed by atoms with Gasteiger partial charge in [-0.3, -0.25) is 9.59 Å². The molecule has 6 heteroatoms. The van der Waals surface area contributed by atoms with Crippen molar-refractivity contribution in [3.63, 3.8) is 0 Å². The van der Waals surface area contributed by atoms with Crippen molar-refractivity contribution in [2.45, 2.75) is 25.7 Å². The molecule has 0 saturated carbocycles. The number of para-hydroxylation sites is 1. The highest BCUT2D eigenvalue weighted by molar-refractivity contribution is 5.94. The van der Waals surface area contributed by atoms with E-state index in [1.807, 2.05) is 24.3 Å². The number of carbonyl (C=O) groups is 2. The minimum atomic E-state index is -0.532. The number of amides is 2. The number of phenolic OH excluding ortho intramolecular Hbond substituents is 1. The molecule has 0 radical (unpaired) electrons. The van der Waals surface area contributed by atoms with Gasteiger partial charge in [0.15, 0.2) is 0 Å². The Morgan fingerprint density at radius 1 is 1.28 bits per heavy atom. The lowest BCUT2D eigenvalue weighted by Crippen LogP contribution is -2.27. The molecule has 25 heavy (non-hydrogen) atoms. The fourth-order valence-corrected chi connectivity index (χ4v) is 3.17. The summed E-state index contributed by atoms with van der Waals surface area (Å²) in [6, 6.07) is 11.1. The molecule has 0 spiro atoms. The first kappa shape index (κ1) is 17.0. The summed E-state index contributed by atoms with van der Waals surface area (Å²) in [5.74, 6) is -0.964. The lowest BCUT2D eigenvalue weighted by molar-refractivity contribution is -0.116. The second-order valence-corrected chi connectivity index (χ2v) is 6.13. The third kappa shape index (κ3) is 3.63. The van der Waals surface area contributed by atoms with Crippen LogP contribution in [-0.2, 0) is 9.59 Å². The van der Waals surface area contributed by atoms with Crippen molar-refractivity contribution < 1.29 is 19.1 Å². The number of nitrogens with one attached hydrogen (secondary N) is 1. The number of hydrogen-bond donors (Lipinski definition) is 2. The number of carbonyl (C=O) groups excluding carboxylic acids is 2. The van der Waals surface area contributed by atoms with E-state index in [4.69, 9.17) is 0 Å². The molecule has 2 N–H and O–H groups in total. The molecule has 1 heterocycles. The monoisotopic (exact) mass is 342 g/mol. The number of nitrogens with zero attached hydrogens (tertiary/aromatic N) is 1. The van der Waals surface area contributed by atoms with Crippen LogP contribution in [0.1, 0.15) is 31.2 Å². The Hall–Kier alpha value is -2.89. The van der Waals surface area contributed by atoms with Crippen molar-refractivity contribution in [1.29, 1.82) is 0 Å². The number of anilines is 2. The van der Waals surface area contributed by atoms with Gasteiger partial charge in [-0.1, -0.05) is 18.2 Å². The molecule has 0 unspecified atom stereocenters. The predicted octanol–water partition coefficient (Wildman–Crippen LogP) is 3.40. The zero-order chi connectivity index (χ0) is 18.0. The average molecular weight is 342 g/mol. The summed E-state index contributed by atoms with van der Waals surface area (Å²) in [6.45, 7) is 2.08. The van der Waals surface area contributed by atoms with Crippen LogP contribution >= 0.6 is 0 Å². The van der Waals surface area contributed by atoms with E-state index in [1.54, 1.807) is 4.90 Å². The fourth-order valence-electron chi connectivity index (χ4n) is 3.17. The summed E-state index contributed by atoms with van der Waals surface area (Å²) in [4.78, 5) is 25.6. The van der Waals surface area contributed by atoms with Gasteiger partial charge in [0.05, 0.1) is 5.69 Å². The molecule has 0 fully saturated rings. The summed E-state index contributed by atoms with van der Waals surface area (Å²) < 4.78 is 13.2. The Balaban J connectivity index is 1.65. The Labute approximate surface area is 145 Å². The van der Waals surface area contributed by atoms with E-state index >= 15 is 0 Å². The van der Waals surface area contributed by atoms with Crippen LogP contribution in [0.2, 0.25) is 0 Å². The van der Waals surface area contributed by atoms with Crippen LogP contribution in [0.3, 0.4) is 0 Å². The van der Waals surface area contributed by atoms with Gasteiger partial charge in [-0.2, -0.15) is 0 Å². The maximum Gasteiger partial charge on any atom is 0.224 e. The van der Waals surface area contributed by atoms with E-state index in [0.717, 1.165) is 23.4 Å². The molecule has 2 amide bonds. The molecule has 2 aromatic rings. The summed E-state index contributed by atoms with van der Waals surface area (Å²) in [5, 5.41) is 12.2. The highest BCUT2D eigenvalue weighted by Gasteiger charge is 2.30. The maximum atomic E-state index is 13.2. The van der Waals surface area contributed by atoms with Gasteiger partial charge in [-0.25, -0.2) is 4.39 Å². The summed E-state index contributed by atoms with van der Waals surface area (Å²) in [7, 11) is 0. The minimum absolute atomic E-state index is 0.0240. The van der Waals surface area contributed by atoms with Crippen LogP contribution < -0.4 is 10.2 Å². The molecule has 0 saturated heterocycles. The first-order valence-electron chi connectivity index (χ1n) is 8.11. The number of halogens is 1. The molecule has 0 bridgehead atoms. The van der Waals surface area contributed by atoms with E-state index in [1.165, 1.54) is 13.0 Å². The first-order chi connectivity index (χ1) is 12.0. The van der Waals surface area contributed by atoms with Crippen LogP contribution in [0.15, 0.2) is 42.5 Å². The maximum absolute atomic E-state index is 13.2. The Bertz CT molecular complexity index is 822. The van der Waals surface area contributed by atoms with Crippen molar-refractivity contribution in [1.82, 2.24) is 0 Å².